The third kappa shape index (κ3) is 4.29. The Hall–Kier alpha value is -0.900. The summed E-state index contributed by atoms with van der Waals surface area (Å²) in [5, 5.41) is 2.99. The molecule has 0 aromatic carbocycles. The number of anilines is 1. The Morgan fingerprint density at radius 2 is 1.90 bits per heavy atom. The lowest BCUT2D eigenvalue weighted by atomic mass is 9.69. The summed E-state index contributed by atoms with van der Waals surface area (Å²) in [4.78, 5) is 16.7. The number of rotatable bonds is 2. The normalized spacial score (nSPS) is 22.9. The van der Waals surface area contributed by atoms with Crippen LogP contribution in [0.1, 0.15) is 52.0 Å². The topological polar surface area (TPSA) is 42.0 Å². The zero-order chi connectivity index (χ0) is 15.6. The zero-order valence-electron chi connectivity index (χ0n) is 13.4. The van der Waals surface area contributed by atoms with Crippen LogP contribution in [0.5, 0.6) is 0 Å². The van der Waals surface area contributed by atoms with E-state index in [-0.39, 0.29) is 11.8 Å². The van der Waals surface area contributed by atoms with Crippen LogP contribution in [0.2, 0.25) is 0 Å². The van der Waals surface area contributed by atoms with E-state index >= 15 is 0 Å². The molecule has 1 aliphatic carbocycles. The third-order valence-electron chi connectivity index (χ3n) is 4.61. The van der Waals surface area contributed by atoms with E-state index < -0.39 is 0 Å². The number of pyridine rings is 1. The predicted molar refractivity (Wildman–Crippen MR) is 90.2 cm³/mol. The predicted octanol–water partition coefficient (Wildman–Crippen LogP) is 4.94. The van der Waals surface area contributed by atoms with Crippen molar-refractivity contribution < 1.29 is 4.79 Å². The van der Waals surface area contributed by atoms with Crippen LogP contribution in [0.25, 0.3) is 0 Å². The number of amides is 1. The van der Waals surface area contributed by atoms with Crippen LogP contribution in [0.4, 0.5) is 5.82 Å². The number of halogens is 1. The number of hydrogen-bond acceptors (Lipinski definition) is 2. The average Bonchev–Trinajstić information content (AvgIpc) is 2.41. The Morgan fingerprint density at radius 1 is 1.29 bits per heavy atom. The van der Waals surface area contributed by atoms with Crippen LogP contribution >= 0.6 is 15.9 Å². The number of nitrogens with one attached hydrogen (secondary N) is 1. The second-order valence-electron chi connectivity index (χ2n) is 7.22. The van der Waals surface area contributed by atoms with Gasteiger partial charge in [-0.25, -0.2) is 4.98 Å². The lowest BCUT2D eigenvalue weighted by Gasteiger charge is -2.36. The molecule has 0 bridgehead atoms. The second-order valence-corrected chi connectivity index (χ2v) is 8.14. The molecule has 0 atom stereocenters. The van der Waals surface area contributed by atoms with Gasteiger partial charge in [0.05, 0.1) is 0 Å². The van der Waals surface area contributed by atoms with Gasteiger partial charge in [-0.15, -0.1) is 0 Å². The van der Waals surface area contributed by atoms with E-state index in [0.717, 1.165) is 41.6 Å². The van der Waals surface area contributed by atoms with Crippen molar-refractivity contribution in [2.75, 3.05) is 5.32 Å². The fourth-order valence-electron chi connectivity index (χ4n) is 3.11. The summed E-state index contributed by atoms with van der Waals surface area (Å²) in [5.41, 5.74) is 1.34. The summed E-state index contributed by atoms with van der Waals surface area (Å²) in [5.74, 6) is 1.67. The zero-order valence-corrected chi connectivity index (χ0v) is 15.0. The van der Waals surface area contributed by atoms with Crippen LogP contribution in [0.3, 0.4) is 0 Å². The van der Waals surface area contributed by atoms with E-state index in [1.54, 1.807) is 6.20 Å². The lowest BCUT2D eigenvalue weighted by molar-refractivity contribution is -0.121. The first kappa shape index (κ1) is 16.5. The van der Waals surface area contributed by atoms with E-state index in [1.807, 2.05) is 13.0 Å². The van der Waals surface area contributed by atoms with Gasteiger partial charge in [0.1, 0.15) is 5.82 Å². The van der Waals surface area contributed by atoms with Crippen LogP contribution < -0.4 is 5.32 Å². The minimum Gasteiger partial charge on any atom is -0.310 e. The van der Waals surface area contributed by atoms with E-state index in [1.165, 1.54) is 0 Å². The van der Waals surface area contributed by atoms with Crippen molar-refractivity contribution in [1.29, 1.82) is 0 Å². The SMILES string of the molecule is Cc1cc(Br)cnc1NC(=O)C1CCC(C(C)(C)C)CC1. The highest BCUT2D eigenvalue weighted by Crippen LogP contribution is 2.40. The van der Waals surface area contributed by atoms with E-state index in [0.29, 0.717) is 11.2 Å². The Morgan fingerprint density at radius 3 is 2.43 bits per heavy atom. The van der Waals surface area contributed by atoms with Gasteiger partial charge in [-0.05, 0) is 71.5 Å². The first-order chi connectivity index (χ1) is 9.77. The van der Waals surface area contributed by atoms with E-state index in [2.05, 4.69) is 47.0 Å². The first-order valence-corrected chi connectivity index (χ1v) is 8.49. The highest BCUT2D eigenvalue weighted by Gasteiger charge is 2.32. The molecule has 4 heteroatoms. The Labute approximate surface area is 136 Å². The number of hydrogen-bond donors (Lipinski definition) is 1. The van der Waals surface area contributed by atoms with Gasteiger partial charge in [-0.2, -0.15) is 0 Å². The molecule has 3 nitrogen and oxygen atoms in total. The molecule has 1 aromatic rings. The maximum atomic E-state index is 12.4. The van der Waals surface area contributed by atoms with Crippen molar-refractivity contribution in [3.63, 3.8) is 0 Å². The second kappa shape index (κ2) is 6.47. The quantitative estimate of drug-likeness (QED) is 0.818. The van der Waals surface area contributed by atoms with Crippen molar-refractivity contribution in [3.8, 4) is 0 Å². The summed E-state index contributed by atoms with van der Waals surface area (Å²) in [6.07, 6.45) is 5.99. The third-order valence-corrected chi connectivity index (χ3v) is 5.04. The fourth-order valence-corrected chi connectivity index (χ4v) is 3.56. The monoisotopic (exact) mass is 352 g/mol. The van der Waals surface area contributed by atoms with Crippen LogP contribution in [0, 0.1) is 24.2 Å². The van der Waals surface area contributed by atoms with Gasteiger partial charge in [-0.1, -0.05) is 20.8 Å². The van der Waals surface area contributed by atoms with Crippen LogP contribution in [0.15, 0.2) is 16.7 Å². The van der Waals surface area contributed by atoms with E-state index in [4.69, 9.17) is 0 Å². The maximum Gasteiger partial charge on any atom is 0.228 e. The molecule has 1 amide bonds. The smallest absolute Gasteiger partial charge is 0.228 e. The van der Waals surface area contributed by atoms with Crippen LogP contribution in [-0.2, 0) is 4.79 Å². The summed E-state index contributed by atoms with van der Waals surface area (Å²) >= 11 is 3.39. The molecule has 0 unspecified atom stereocenters. The molecule has 1 heterocycles. The van der Waals surface area contributed by atoms with Gasteiger partial charge in [0.15, 0.2) is 0 Å². The summed E-state index contributed by atoms with van der Waals surface area (Å²) in [7, 11) is 0. The number of aromatic nitrogens is 1. The molecule has 2 rings (SSSR count). The Bertz CT molecular complexity index is 514. The molecule has 0 saturated heterocycles. The molecule has 0 radical (unpaired) electrons. The Balaban J connectivity index is 1.93. The fraction of sp³-hybridized carbons (Fsp3) is 0.647. The molecule has 1 saturated carbocycles. The lowest BCUT2D eigenvalue weighted by Crippen LogP contribution is -2.31. The largest absolute Gasteiger partial charge is 0.310 e. The van der Waals surface area contributed by atoms with Crippen molar-refractivity contribution >= 4 is 27.7 Å². The highest BCUT2D eigenvalue weighted by atomic mass is 79.9. The molecule has 116 valence electrons. The van der Waals surface area contributed by atoms with Gasteiger partial charge in [-0.3, -0.25) is 4.79 Å². The van der Waals surface area contributed by atoms with Crippen molar-refractivity contribution in [3.05, 3.63) is 22.3 Å². The molecule has 21 heavy (non-hydrogen) atoms. The molecular formula is C17H25BrN2O. The van der Waals surface area contributed by atoms with Gasteiger partial charge >= 0.3 is 0 Å². The number of aryl methyl sites for hydroxylation is 1. The van der Waals surface area contributed by atoms with Gasteiger partial charge < -0.3 is 5.32 Å². The maximum absolute atomic E-state index is 12.4. The minimum atomic E-state index is 0.125. The van der Waals surface area contributed by atoms with Gasteiger partial charge in [0.2, 0.25) is 5.91 Å². The summed E-state index contributed by atoms with van der Waals surface area (Å²) < 4.78 is 0.934. The summed E-state index contributed by atoms with van der Waals surface area (Å²) in [6.45, 7) is 8.86. The molecule has 1 fully saturated rings. The highest BCUT2D eigenvalue weighted by molar-refractivity contribution is 9.10. The van der Waals surface area contributed by atoms with Crippen molar-refractivity contribution in [1.82, 2.24) is 4.98 Å². The molecule has 1 N–H and O–H groups in total. The average molecular weight is 353 g/mol. The first-order valence-electron chi connectivity index (χ1n) is 7.70. The van der Waals surface area contributed by atoms with Crippen LogP contribution in [-0.4, -0.2) is 10.9 Å². The standard InChI is InChI=1S/C17H25BrN2O/c1-11-9-14(18)10-19-15(11)20-16(21)12-5-7-13(8-6-12)17(2,3)4/h9-10,12-13H,5-8H2,1-4H3,(H,19,20,21). The molecule has 0 spiro atoms. The van der Waals surface area contributed by atoms with Gasteiger partial charge in [0.25, 0.3) is 0 Å². The Kier molecular flexibility index (Phi) is 5.07. The van der Waals surface area contributed by atoms with E-state index in [9.17, 15) is 4.79 Å². The molecular weight excluding hydrogens is 328 g/mol. The van der Waals surface area contributed by atoms with Crippen molar-refractivity contribution in [2.45, 2.75) is 53.4 Å². The number of nitrogens with zero attached hydrogens (tertiary/aromatic N) is 1. The molecule has 1 aliphatic rings. The van der Waals surface area contributed by atoms with Gasteiger partial charge in [0, 0.05) is 16.6 Å². The molecule has 0 aliphatic heterocycles. The number of carbonyl (C=O) groups is 1. The minimum absolute atomic E-state index is 0.125. The summed E-state index contributed by atoms with van der Waals surface area (Å²) in [6, 6.07) is 1.97. The molecule has 1 aromatic heterocycles. The van der Waals surface area contributed by atoms with Crippen molar-refractivity contribution in [2.24, 2.45) is 17.3 Å². The number of carbonyl (C=O) groups excluding carboxylic acids is 1.